The standard InChI is InChI=1S/C13H16F4N2O2S.ClH/c1-8-12(3-2-6-18-8)19-22(20,21)9-4-5-10(11(14)7-9)13(15,16)17;/h4-5,7-8,12,18-19H,2-3,6H2,1H3;1H. The number of piperidine rings is 1. The molecule has 2 N–H and O–H groups in total. The lowest BCUT2D eigenvalue weighted by molar-refractivity contribution is -0.140. The number of hydrogen-bond acceptors (Lipinski definition) is 3. The molecule has 1 aliphatic heterocycles. The van der Waals surface area contributed by atoms with Gasteiger partial charge in [0.05, 0.1) is 10.5 Å². The zero-order valence-corrected chi connectivity index (χ0v) is 13.8. The Morgan fingerprint density at radius 1 is 1.30 bits per heavy atom. The summed E-state index contributed by atoms with van der Waals surface area (Å²) < 4.78 is 77.7. The maximum Gasteiger partial charge on any atom is 0.419 e. The predicted octanol–water partition coefficient (Wildman–Crippen LogP) is 2.69. The summed E-state index contributed by atoms with van der Waals surface area (Å²) in [6, 6.07) is 1.10. The van der Waals surface area contributed by atoms with Gasteiger partial charge in [0, 0.05) is 12.1 Å². The summed E-state index contributed by atoms with van der Waals surface area (Å²) in [6.45, 7) is 2.58. The van der Waals surface area contributed by atoms with E-state index in [1.165, 1.54) is 0 Å². The van der Waals surface area contributed by atoms with Crippen molar-refractivity contribution in [2.24, 2.45) is 0 Å². The van der Waals surface area contributed by atoms with Crippen molar-refractivity contribution < 1.29 is 26.0 Å². The van der Waals surface area contributed by atoms with Gasteiger partial charge in [0.1, 0.15) is 5.82 Å². The Labute approximate surface area is 138 Å². The van der Waals surface area contributed by atoms with E-state index in [1.54, 1.807) is 6.92 Å². The minimum atomic E-state index is -4.86. The first-order valence-corrected chi connectivity index (χ1v) is 8.22. The fourth-order valence-electron chi connectivity index (χ4n) is 2.37. The van der Waals surface area contributed by atoms with Crippen LogP contribution in [0.25, 0.3) is 0 Å². The van der Waals surface area contributed by atoms with Crippen LogP contribution >= 0.6 is 12.4 Å². The molecule has 1 aromatic carbocycles. The summed E-state index contributed by atoms with van der Waals surface area (Å²) in [4.78, 5) is -0.518. The van der Waals surface area contributed by atoms with E-state index < -0.39 is 32.5 Å². The van der Waals surface area contributed by atoms with E-state index in [0.717, 1.165) is 19.0 Å². The van der Waals surface area contributed by atoms with Crippen molar-refractivity contribution >= 4 is 22.4 Å². The molecule has 0 aromatic heterocycles. The van der Waals surface area contributed by atoms with Crippen molar-refractivity contribution in [2.45, 2.75) is 42.9 Å². The zero-order valence-electron chi connectivity index (χ0n) is 12.2. The van der Waals surface area contributed by atoms with Crippen LogP contribution in [-0.2, 0) is 16.2 Å². The highest BCUT2D eigenvalue weighted by molar-refractivity contribution is 7.89. The van der Waals surface area contributed by atoms with Gasteiger partial charge in [-0.1, -0.05) is 0 Å². The molecule has 1 aromatic rings. The van der Waals surface area contributed by atoms with Gasteiger partial charge >= 0.3 is 6.18 Å². The summed E-state index contributed by atoms with van der Waals surface area (Å²) >= 11 is 0. The molecule has 0 spiro atoms. The van der Waals surface area contributed by atoms with Crippen LogP contribution in [0.2, 0.25) is 0 Å². The van der Waals surface area contributed by atoms with Crippen LogP contribution in [0.5, 0.6) is 0 Å². The molecule has 0 bridgehead atoms. The van der Waals surface area contributed by atoms with E-state index in [-0.39, 0.29) is 24.5 Å². The molecule has 1 aliphatic rings. The van der Waals surface area contributed by atoms with Gasteiger partial charge in [-0.25, -0.2) is 17.5 Å². The number of sulfonamides is 1. The van der Waals surface area contributed by atoms with Crippen LogP contribution in [0.15, 0.2) is 23.1 Å². The number of hydrogen-bond donors (Lipinski definition) is 2. The van der Waals surface area contributed by atoms with Crippen molar-refractivity contribution in [1.29, 1.82) is 0 Å². The number of alkyl halides is 3. The van der Waals surface area contributed by atoms with Crippen molar-refractivity contribution in [2.75, 3.05) is 6.54 Å². The third-order valence-electron chi connectivity index (χ3n) is 3.62. The molecule has 1 heterocycles. The third-order valence-corrected chi connectivity index (χ3v) is 5.11. The summed E-state index contributed by atoms with van der Waals surface area (Å²) in [5.41, 5.74) is -1.49. The summed E-state index contributed by atoms with van der Waals surface area (Å²) in [7, 11) is -4.07. The maximum atomic E-state index is 13.5. The number of rotatable bonds is 3. The Kier molecular flexibility index (Phi) is 6.42. The molecule has 23 heavy (non-hydrogen) atoms. The van der Waals surface area contributed by atoms with E-state index in [1.807, 2.05) is 0 Å². The second kappa shape index (κ2) is 7.33. The van der Waals surface area contributed by atoms with Gasteiger partial charge in [-0.2, -0.15) is 13.2 Å². The van der Waals surface area contributed by atoms with Gasteiger partial charge in [0.2, 0.25) is 10.0 Å². The van der Waals surface area contributed by atoms with Gasteiger partial charge in [0.15, 0.2) is 0 Å². The fourth-order valence-corrected chi connectivity index (χ4v) is 3.73. The summed E-state index contributed by atoms with van der Waals surface area (Å²) in [5.74, 6) is -1.61. The molecule has 2 atom stereocenters. The van der Waals surface area contributed by atoms with E-state index in [0.29, 0.717) is 18.6 Å². The molecular weight excluding hydrogens is 360 g/mol. The van der Waals surface area contributed by atoms with Crippen LogP contribution in [0, 0.1) is 5.82 Å². The predicted molar refractivity (Wildman–Crippen MR) is 79.5 cm³/mol. The molecule has 10 heteroatoms. The number of benzene rings is 1. The Morgan fingerprint density at radius 2 is 1.96 bits per heavy atom. The Hall–Kier alpha value is -0.900. The largest absolute Gasteiger partial charge is 0.419 e. The monoisotopic (exact) mass is 376 g/mol. The normalized spacial score (nSPS) is 22.5. The first-order valence-electron chi connectivity index (χ1n) is 6.74. The maximum absolute atomic E-state index is 13.5. The van der Waals surface area contributed by atoms with Crippen molar-refractivity contribution in [3.63, 3.8) is 0 Å². The average molecular weight is 377 g/mol. The topological polar surface area (TPSA) is 58.2 Å². The summed E-state index contributed by atoms with van der Waals surface area (Å²) in [5, 5.41) is 3.10. The first-order chi connectivity index (χ1) is 10.1. The van der Waals surface area contributed by atoms with Gasteiger partial charge < -0.3 is 5.32 Å². The minimum absolute atomic E-state index is 0. The van der Waals surface area contributed by atoms with Crippen LogP contribution in [0.1, 0.15) is 25.3 Å². The second-order valence-electron chi connectivity index (χ2n) is 5.25. The van der Waals surface area contributed by atoms with Crippen LogP contribution in [0.4, 0.5) is 17.6 Å². The second-order valence-corrected chi connectivity index (χ2v) is 6.97. The van der Waals surface area contributed by atoms with Crippen molar-refractivity contribution in [1.82, 2.24) is 10.0 Å². The van der Waals surface area contributed by atoms with Crippen molar-refractivity contribution in [3.8, 4) is 0 Å². The molecule has 1 fully saturated rings. The van der Waals surface area contributed by atoms with Crippen LogP contribution in [0.3, 0.4) is 0 Å². The highest BCUT2D eigenvalue weighted by Crippen LogP contribution is 2.32. The van der Waals surface area contributed by atoms with E-state index in [4.69, 9.17) is 0 Å². The highest BCUT2D eigenvalue weighted by Gasteiger charge is 2.35. The molecule has 4 nitrogen and oxygen atoms in total. The summed E-state index contributed by atoms with van der Waals surface area (Å²) in [6.07, 6.45) is -3.48. The molecule has 2 unspecified atom stereocenters. The van der Waals surface area contributed by atoms with Gasteiger partial charge in [-0.05, 0) is 44.5 Å². The molecule has 1 saturated heterocycles. The quantitative estimate of drug-likeness (QED) is 0.797. The highest BCUT2D eigenvalue weighted by atomic mass is 35.5. The number of nitrogens with one attached hydrogen (secondary N) is 2. The zero-order chi connectivity index (χ0) is 16.5. The van der Waals surface area contributed by atoms with Gasteiger partial charge in [0.25, 0.3) is 0 Å². The van der Waals surface area contributed by atoms with Gasteiger partial charge in [-0.15, -0.1) is 12.4 Å². The van der Waals surface area contributed by atoms with E-state index >= 15 is 0 Å². The van der Waals surface area contributed by atoms with Crippen LogP contribution < -0.4 is 10.0 Å². The molecular formula is C13H17ClF4N2O2S. The lowest BCUT2D eigenvalue weighted by Gasteiger charge is -2.30. The minimum Gasteiger partial charge on any atom is -0.313 e. The average Bonchev–Trinajstić information content (AvgIpc) is 2.39. The fraction of sp³-hybridized carbons (Fsp3) is 0.538. The van der Waals surface area contributed by atoms with Gasteiger partial charge in [-0.3, -0.25) is 0 Å². The Balaban J connectivity index is 0.00000264. The number of halogens is 5. The smallest absolute Gasteiger partial charge is 0.313 e. The molecule has 132 valence electrons. The molecule has 0 saturated carbocycles. The molecule has 0 amide bonds. The van der Waals surface area contributed by atoms with Crippen LogP contribution in [-0.4, -0.2) is 27.0 Å². The van der Waals surface area contributed by atoms with E-state index in [9.17, 15) is 26.0 Å². The van der Waals surface area contributed by atoms with E-state index in [2.05, 4.69) is 10.0 Å². The van der Waals surface area contributed by atoms with Crippen molar-refractivity contribution in [3.05, 3.63) is 29.6 Å². The first kappa shape index (κ1) is 20.1. The molecule has 0 aliphatic carbocycles. The Morgan fingerprint density at radius 3 is 2.48 bits per heavy atom. The third kappa shape index (κ3) is 4.79. The SMILES string of the molecule is CC1NCCCC1NS(=O)(=O)c1ccc(C(F)(F)F)c(F)c1.Cl. The molecule has 2 rings (SSSR count). The lowest BCUT2D eigenvalue weighted by Crippen LogP contribution is -2.51. The lowest BCUT2D eigenvalue weighted by atomic mass is 10.0. The molecule has 0 radical (unpaired) electrons. The Bertz CT molecular complexity index is 652.